The fourth-order valence-electron chi connectivity index (χ4n) is 2.70. The van der Waals surface area contributed by atoms with Gasteiger partial charge in [-0.05, 0) is 43.9 Å². The Kier molecular flexibility index (Phi) is 2.17. The van der Waals surface area contributed by atoms with E-state index in [2.05, 4.69) is 29.6 Å². The second-order valence-electron chi connectivity index (χ2n) is 4.67. The Hall–Kier alpha value is -1.02. The molecule has 1 saturated heterocycles. The summed E-state index contributed by atoms with van der Waals surface area (Å²) in [5.74, 6) is 1.10. The van der Waals surface area contributed by atoms with Crippen LogP contribution in [0.3, 0.4) is 0 Å². The van der Waals surface area contributed by atoms with Crippen molar-refractivity contribution in [2.24, 2.45) is 0 Å². The average molecular weight is 203 g/mol. The Morgan fingerprint density at radius 2 is 2.13 bits per heavy atom. The zero-order valence-corrected chi connectivity index (χ0v) is 8.96. The molecule has 15 heavy (non-hydrogen) atoms. The van der Waals surface area contributed by atoms with Gasteiger partial charge in [-0.2, -0.15) is 0 Å². The molecular formula is C13H17NO. The highest BCUT2D eigenvalue weighted by molar-refractivity contribution is 5.36. The largest absolute Gasteiger partial charge is 0.486 e. The molecule has 2 aliphatic rings. The average Bonchev–Trinajstić information content (AvgIpc) is 2.30. The van der Waals surface area contributed by atoms with Crippen LogP contribution >= 0.6 is 0 Å². The van der Waals surface area contributed by atoms with Gasteiger partial charge >= 0.3 is 0 Å². The molecule has 1 N–H and O–H groups in total. The molecule has 2 nitrogen and oxygen atoms in total. The summed E-state index contributed by atoms with van der Waals surface area (Å²) in [5.41, 5.74) is 1.46. The van der Waals surface area contributed by atoms with Crippen LogP contribution in [-0.2, 0) is 6.42 Å². The molecule has 1 aromatic carbocycles. The summed E-state index contributed by atoms with van der Waals surface area (Å²) in [5, 5.41) is 3.45. The molecule has 0 aromatic heterocycles. The van der Waals surface area contributed by atoms with E-state index in [-0.39, 0.29) is 5.60 Å². The van der Waals surface area contributed by atoms with Crippen molar-refractivity contribution in [2.75, 3.05) is 13.1 Å². The lowest BCUT2D eigenvalue weighted by Crippen LogP contribution is -2.51. The minimum absolute atomic E-state index is 0.0899. The van der Waals surface area contributed by atoms with Crippen molar-refractivity contribution in [3.05, 3.63) is 29.8 Å². The van der Waals surface area contributed by atoms with E-state index < -0.39 is 0 Å². The highest BCUT2D eigenvalue weighted by Crippen LogP contribution is 2.36. The Bertz CT molecular complexity index is 355. The van der Waals surface area contributed by atoms with E-state index in [1.807, 2.05) is 0 Å². The lowest BCUT2D eigenvalue weighted by Gasteiger charge is -2.41. The molecule has 1 fully saturated rings. The summed E-state index contributed by atoms with van der Waals surface area (Å²) in [4.78, 5) is 0. The van der Waals surface area contributed by atoms with Crippen LogP contribution < -0.4 is 10.1 Å². The molecule has 0 amide bonds. The summed E-state index contributed by atoms with van der Waals surface area (Å²) in [6.45, 7) is 2.16. The number of piperidine rings is 1. The van der Waals surface area contributed by atoms with Crippen LogP contribution in [0.15, 0.2) is 24.3 Å². The predicted molar refractivity (Wildman–Crippen MR) is 60.2 cm³/mol. The first kappa shape index (κ1) is 9.22. The number of hydrogen-bond donors (Lipinski definition) is 1. The summed E-state index contributed by atoms with van der Waals surface area (Å²) in [7, 11) is 0. The molecule has 0 radical (unpaired) electrons. The highest BCUT2D eigenvalue weighted by Gasteiger charge is 2.37. The van der Waals surface area contributed by atoms with E-state index >= 15 is 0 Å². The number of aryl methyl sites for hydroxylation is 1. The number of hydrogen-bond acceptors (Lipinski definition) is 2. The molecule has 2 heteroatoms. The molecule has 0 aliphatic carbocycles. The summed E-state index contributed by atoms with van der Waals surface area (Å²) in [6, 6.07) is 8.44. The smallest absolute Gasteiger partial charge is 0.123 e. The third-order valence-corrected chi connectivity index (χ3v) is 3.58. The third-order valence-electron chi connectivity index (χ3n) is 3.58. The molecule has 0 saturated carbocycles. The third kappa shape index (κ3) is 1.63. The maximum Gasteiger partial charge on any atom is 0.123 e. The van der Waals surface area contributed by atoms with Gasteiger partial charge in [0.05, 0.1) is 0 Å². The van der Waals surface area contributed by atoms with E-state index in [9.17, 15) is 0 Å². The van der Waals surface area contributed by atoms with Crippen LogP contribution in [0.4, 0.5) is 0 Å². The second-order valence-corrected chi connectivity index (χ2v) is 4.67. The first-order chi connectivity index (χ1) is 7.38. The van der Waals surface area contributed by atoms with Gasteiger partial charge in [0, 0.05) is 6.54 Å². The SMILES string of the molecule is c1ccc2c(c1)CC[C@]1(CCCNC1)O2. The summed E-state index contributed by atoms with van der Waals surface area (Å²) < 4.78 is 6.20. The van der Waals surface area contributed by atoms with Gasteiger partial charge in [0.25, 0.3) is 0 Å². The van der Waals surface area contributed by atoms with Gasteiger partial charge in [0.1, 0.15) is 11.4 Å². The quantitative estimate of drug-likeness (QED) is 0.697. The van der Waals surface area contributed by atoms with Crippen LogP contribution in [0.5, 0.6) is 5.75 Å². The number of fused-ring (bicyclic) bond motifs is 1. The topological polar surface area (TPSA) is 21.3 Å². The van der Waals surface area contributed by atoms with Crippen LogP contribution in [-0.4, -0.2) is 18.7 Å². The van der Waals surface area contributed by atoms with Crippen LogP contribution in [0.2, 0.25) is 0 Å². The van der Waals surface area contributed by atoms with Gasteiger partial charge in [-0.3, -0.25) is 0 Å². The van der Waals surface area contributed by atoms with Gasteiger partial charge in [0.15, 0.2) is 0 Å². The van der Waals surface area contributed by atoms with Crippen molar-refractivity contribution in [1.29, 1.82) is 0 Å². The molecule has 80 valence electrons. The van der Waals surface area contributed by atoms with Crippen molar-refractivity contribution in [1.82, 2.24) is 5.32 Å². The van der Waals surface area contributed by atoms with Crippen LogP contribution in [0.25, 0.3) is 0 Å². The van der Waals surface area contributed by atoms with Crippen molar-refractivity contribution in [3.8, 4) is 5.75 Å². The molecule has 1 spiro atoms. The molecule has 0 unspecified atom stereocenters. The molecule has 3 rings (SSSR count). The molecule has 0 bridgehead atoms. The van der Waals surface area contributed by atoms with Gasteiger partial charge in [0.2, 0.25) is 0 Å². The summed E-state index contributed by atoms with van der Waals surface area (Å²) in [6.07, 6.45) is 4.77. The Morgan fingerprint density at radius 1 is 1.20 bits per heavy atom. The van der Waals surface area contributed by atoms with Gasteiger partial charge in [-0.25, -0.2) is 0 Å². The Balaban J connectivity index is 1.87. The highest BCUT2D eigenvalue weighted by atomic mass is 16.5. The van der Waals surface area contributed by atoms with E-state index in [1.165, 1.54) is 18.4 Å². The predicted octanol–water partition coefficient (Wildman–Crippen LogP) is 2.13. The van der Waals surface area contributed by atoms with Crippen LogP contribution in [0.1, 0.15) is 24.8 Å². The molecule has 1 aromatic rings. The van der Waals surface area contributed by atoms with Gasteiger partial charge in [-0.15, -0.1) is 0 Å². The number of benzene rings is 1. The Labute approximate surface area is 90.6 Å². The lowest BCUT2D eigenvalue weighted by molar-refractivity contribution is 0.0228. The number of nitrogens with one attached hydrogen (secondary N) is 1. The minimum Gasteiger partial charge on any atom is -0.486 e. The van der Waals surface area contributed by atoms with Gasteiger partial charge < -0.3 is 10.1 Å². The number of ether oxygens (including phenoxy) is 1. The molecule has 2 aliphatic heterocycles. The van der Waals surface area contributed by atoms with Crippen molar-refractivity contribution in [3.63, 3.8) is 0 Å². The summed E-state index contributed by atoms with van der Waals surface area (Å²) >= 11 is 0. The first-order valence-corrected chi connectivity index (χ1v) is 5.86. The van der Waals surface area contributed by atoms with Crippen molar-refractivity contribution >= 4 is 0 Å². The lowest BCUT2D eigenvalue weighted by atomic mass is 9.85. The monoisotopic (exact) mass is 203 g/mol. The fraction of sp³-hybridized carbons (Fsp3) is 0.538. The Morgan fingerprint density at radius 3 is 3.00 bits per heavy atom. The number of rotatable bonds is 0. The van der Waals surface area contributed by atoms with E-state index in [1.54, 1.807) is 0 Å². The first-order valence-electron chi connectivity index (χ1n) is 5.86. The fourth-order valence-corrected chi connectivity index (χ4v) is 2.70. The normalized spacial score (nSPS) is 29.6. The zero-order valence-electron chi connectivity index (χ0n) is 8.96. The van der Waals surface area contributed by atoms with E-state index in [4.69, 9.17) is 4.74 Å². The molecular weight excluding hydrogens is 186 g/mol. The van der Waals surface area contributed by atoms with Crippen LogP contribution in [0, 0.1) is 0 Å². The van der Waals surface area contributed by atoms with E-state index in [0.717, 1.165) is 31.7 Å². The van der Waals surface area contributed by atoms with E-state index in [0.29, 0.717) is 0 Å². The zero-order chi connectivity index (χ0) is 10.1. The van der Waals surface area contributed by atoms with Crippen molar-refractivity contribution in [2.45, 2.75) is 31.3 Å². The maximum atomic E-state index is 6.20. The maximum absolute atomic E-state index is 6.20. The standard InChI is InChI=1S/C13H17NO/c1-2-5-12-11(4-1)6-8-13(15-12)7-3-9-14-10-13/h1-2,4-5,14H,3,6-10H2/t13-/m0/s1. The number of para-hydroxylation sites is 1. The second kappa shape index (κ2) is 3.53. The molecule has 2 heterocycles. The van der Waals surface area contributed by atoms with Gasteiger partial charge in [-0.1, -0.05) is 18.2 Å². The minimum atomic E-state index is 0.0899. The molecule has 1 atom stereocenters. The van der Waals surface area contributed by atoms with Crippen molar-refractivity contribution < 1.29 is 4.74 Å².